The number of nitrogens with one attached hydrogen (secondary N) is 1. The van der Waals surface area contributed by atoms with Crippen LogP contribution in [0.25, 0.3) is 0 Å². The zero-order chi connectivity index (χ0) is 27.6. The number of hydrogen-bond donors (Lipinski definition) is 1. The molecule has 2 aromatic rings. The maximum Gasteiger partial charge on any atom is 0.242 e. The van der Waals surface area contributed by atoms with Crippen molar-refractivity contribution >= 4 is 50.7 Å². The van der Waals surface area contributed by atoms with Gasteiger partial charge in [-0.1, -0.05) is 49.5 Å². The van der Waals surface area contributed by atoms with Crippen LogP contribution in [-0.4, -0.2) is 50.5 Å². The lowest BCUT2D eigenvalue weighted by Gasteiger charge is -2.31. The highest BCUT2D eigenvalue weighted by Crippen LogP contribution is 2.25. The highest BCUT2D eigenvalue weighted by atomic mass is 35.5. The molecule has 0 bridgehead atoms. The molecule has 0 fully saturated rings. The molecule has 0 saturated carbocycles. The third kappa shape index (κ3) is 9.47. The van der Waals surface area contributed by atoms with Gasteiger partial charge in [0.25, 0.3) is 0 Å². The number of unbranched alkanes of at least 4 members (excludes halogenated alkanes) is 1. The van der Waals surface area contributed by atoms with Gasteiger partial charge in [-0.2, -0.15) is 0 Å². The van der Waals surface area contributed by atoms with E-state index in [9.17, 15) is 22.4 Å². The summed E-state index contributed by atoms with van der Waals surface area (Å²) in [5, 5.41) is 3.73. The summed E-state index contributed by atoms with van der Waals surface area (Å²) in [4.78, 5) is 27.9. The number of nitrogens with zero attached hydrogens (tertiary/aromatic N) is 2. The number of hydrogen-bond acceptors (Lipinski definition) is 4. The molecule has 0 heterocycles. The predicted molar refractivity (Wildman–Crippen MR) is 147 cm³/mol. The van der Waals surface area contributed by atoms with Crippen molar-refractivity contribution in [2.75, 3.05) is 23.7 Å². The van der Waals surface area contributed by atoms with E-state index >= 15 is 0 Å². The van der Waals surface area contributed by atoms with E-state index in [-0.39, 0.29) is 37.7 Å². The Balaban J connectivity index is 2.22. The molecule has 0 aliphatic rings. The molecule has 0 spiro atoms. The summed E-state index contributed by atoms with van der Waals surface area (Å²) in [5.41, 5.74) is 0.950. The molecule has 11 heteroatoms. The van der Waals surface area contributed by atoms with E-state index in [4.69, 9.17) is 23.2 Å². The summed E-state index contributed by atoms with van der Waals surface area (Å²) in [6, 6.07) is 9.35. The van der Waals surface area contributed by atoms with E-state index in [0.717, 1.165) is 23.4 Å². The molecule has 0 aromatic heterocycles. The fourth-order valence-electron chi connectivity index (χ4n) is 3.87. The molecule has 1 atom stereocenters. The molecule has 0 unspecified atom stereocenters. The third-order valence-corrected chi connectivity index (χ3v) is 7.62. The minimum absolute atomic E-state index is 0.00281. The van der Waals surface area contributed by atoms with Crippen molar-refractivity contribution in [2.24, 2.45) is 0 Å². The van der Waals surface area contributed by atoms with Gasteiger partial charge in [0.05, 0.1) is 11.9 Å². The third-order valence-electron chi connectivity index (χ3n) is 5.84. The van der Waals surface area contributed by atoms with E-state index in [1.165, 1.54) is 29.2 Å². The van der Waals surface area contributed by atoms with Gasteiger partial charge in [0.2, 0.25) is 21.8 Å². The fraction of sp³-hybridized carbons (Fsp3) is 0.462. The Hall–Kier alpha value is -2.36. The van der Waals surface area contributed by atoms with Gasteiger partial charge in [0.1, 0.15) is 11.9 Å². The molecule has 0 aliphatic carbocycles. The minimum atomic E-state index is -3.66. The largest absolute Gasteiger partial charge is 0.354 e. The summed E-state index contributed by atoms with van der Waals surface area (Å²) in [5.74, 6) is -1.04. The first-order valence-electron chi connectivity index (χ1n) is 12.2. The molecule has 7 nitrogen and oxygen atoms in total. The lowest BCUT2D eigenvalue weighted by atomic mass is 10.1. The highest BCUT2D eigenvalue weighted by molar-refractivity contribution is 7.92. The van der Waals surface area contributed by atoms with Gasteiger partial charge in [-0.05, 0) is 61.2 Å². The molecule has 37 heavy (non-hydrogen) atoms. The van der Waals surface area contributed by atoms with Gasteiger partial charge in [0, 0.05) is 36.1 Å². The van der Waals surface area contributed by atoms with Crippen LogP contribution in [0.4, 0.5) is 10.1 Å². The fourth-order valence-corrected chi connectivity index (χ4v) is 5.30. The summed E-state index contributed by atoms with van der Waals surface area (Å²) in [6.07, 6.45) is 3.38. The van der Waals surface area contributed by atoms with Crippen molar-refractivity contribution in [1.29, 1.82) is 0 Å². The molecule has 0 saturated heterocycles. The zero-order valence-corrected chi connectivity index (χ0v) is 23.7. The topological polar surface area (TPSA) is 86.8 Å². The average molecular weight is 575 g/mol. The van der Waals surface area contributed by atoms with Crippen LogP contribution in [0.15, 0.2) is 42.5 Å². The van der Waals surface area contributed by atoms with E-state index in [2.05, 4.69) is 5.32 Å². The van der Waals surface area contributed by atoms with Gasteiger partial charge in [-0.25, -0.2) is 12.8 Å². The van der Waals surface area contributed by atoms with Crippen molar-refractivity contribution in [3.63, 3.8) is 0 Å². The number of carbonyl (C=O) groups is 2. The first-order valence-corrected chi connectivity index (χ1v) is 14.8. The van der Waals surface area contributed by atoms with E-state index < -0.39 is 21.9 Å². The molecule has 0 radical (unpaired) electrons. The molecule has 2 amide bonds. The first-order chi connectivity index (χ1) is 17.5. The maximum atomic E-state index is 13.4. The maximum absolute atomic E-state index is 13.4. The van der Waals surface area contributed by atoms with Crippen LogP contribution in [0, 0.1) is 5.82 Å². The van der Waals surface area contributed by atoms with Crippen LogP contribution < -0.4 is 9.62 Å². The second kappa shape index (κ2) is 14.5. The summed E-state index contributed by atoms with van der Waals surface area (Å²) >= 11 is 12.4. The Morgan fingerprint density at radius 2 is 1.73 bits per heavy atom. The first kappa shape index (κ1) is 30.9. The number of amides is 2. The lowest BCUT2D eigenvalue weighted by Crippen LogP contribution is -2.49. The van der Waals surface area contributed by atoms with Crippen LogP contribution in [0.1, 0.15) is 51.5 Å². The monoisotopic (exact) mass is 573 g/mol. The normalized spacial score (nSPS) is 12.2. The standard InChI is InChI=1S/C26H34Cl2FN3O4S/c1-4-6-15-30-26(34)24(5-2)31(18-19-9-10-20(27)17-23(19)28)25(33)8-7-16-32(37(3,35)36)22-13-11-21(29)12-14-22/h9-14,17,24H,4-8,15-16,18H2,1-3H3,(H,30,34)/t24-/m0/s1. The number of rotatable bonds is 14. The van der Waals surface area contributed by atoms with Crippen molar-refractivity contribution in [1.82, 2.24) is 10.2 Å². The zero-order valence-electron chi connectivity index (χ0n) is 21.3. The Kier molecular flexibility index (Phi) is 12.1. The van der Waals surface area contributed by atoms with Crippen molar-refractivity contribution in [3.05, 3.63) is 63.9 Å². The van der Waals surface area contributed by atoms with Crippen LogP contribution >= 0.6 is 23.2 Å². The Bertz CT molecular complexity index is 1160. The molecular formula is C26H34Cl2FN3O4S. The van der Waals surface area contributed by atoms with Crippen LogP contribution in [0.5, 0.6) is 0 Å². The Morgan fingerprint density at radius 3 is 2.30 bits per heavy atom. The molecule has 2 aromatic carbocycles. The summed E-state index contributed by atoms with van der Waals surface area (Å²) in [6.45, 7) is 4.48. The van der Waals surface area contributed by atoms with Gasteiger partial charge >= 0.3 is 0 Å². The van der Waals surface area contributed by atoms with Crippen molar-refractivity contribution in [2.45, 2.75) is 58.5 Å². The molecule has 2 rings (SSSR count). The molecule has 1 N–H and O–H groups in total. The van der Waals surface area contributed by atoms with Gasteiger partial charge in [0.15, 0.2) is 0 Å². The quantitative estimate of drug-likeness (QED) is 0.306. The molecule has 0 aliphatic heterocycles. The van der Waals surface area contributed by atoms with Gasteiger partial charge in [-0.3, -0.25) is 13.9 Å². The smallest absolute Gasteiger partial charge is 0.242 e. The van der Waals surface area contributed by atoms with Crippen molar-refractivity contribution < 1.29 is 22.4 Å². The van der Waals surface area contributed by atoms with Gasteiger partial charge in [-0.15, -0.1) is 0 Å². The van der Waals surface area contributed by atoms with Crippen molar-refractivity contribution in [3.8, 4) is 0 Å². The predicted octanol–water partition coefficient (Wildman–Crippen LogP) is 5.40. The second-order valence-electron chi connectivity index (χ2n) is 8.74. The number of halogens is 3. The van der Waals surface area contributed by atoms with E-state index in [0.29, 0.717) is 34.3 Å². The summed E-state index contributed by atoms with van der Waals surface area (Å²) < 4.78 is 39.2. The Morgan fingerprint density at radius 1 is 1.05 bits per heavy atom. The van der Waals surface area contributed by atoms with Crippen LogP contribution in [0.2, 0.25) is 10.0 Å². The minimum Gasteiger partial charge on any atom is -0.354 e. The van der Waals surface area contributed by atoms with Crippen LogP contribution in [-0.2, 0) is 26.2 Å². The SMILES string of the molecule is CCCCNC(=O)[C@H](CC)N(Cc1ccc(Cl)cc1Cl)C(=O)CCCN(c1ccc(F)cc1)S(C)(=O)=O. The number of anilines is 1. The second-order valence-corrected chi connectivity index (χ2v) is 11.5. The molecular weight excluding hydrogens is 540 g/mol. The Labute approximate surface area is 229 Å². The van der Waals surface area contributed by atoms with E-state index in [1.807, 2.05) is 13.8 Å². The van der Waals surface area contributed by atoms with Gasteiger partial charge < -0.3 is 10.2 Å². The van der Waals surface area contributed by atoms with Crippen LogP contribution in [0.3, 0.4) is 0 Å². The number of carbonyl (C=O) groups excluding carboxylic acids is 2. The summed E-state index contributed by atoms with van der Waals surface area (Å²) in [7, 11) is -3.66. The number of sulfonamides is 1. The average Bonchev–Trinajstić information content (AvgIpc) is 2.83. The highest BCUT2D eigenvalue weighted by Gasteiger charge is 2.29. The number of benzene rings is 2. The van der Waals surface area contributed by atoms with E-state index in [1.54, 1.807) is 18.2 Å². The lowest BCUT2D eigenvalue weighted by molar-refractivity contribution is -0.141. The molecule has 204 valence electrons.